The SMILES string of the molecule is C=CCNC(=O)[C@H](C)OC(=O)c1ccc(C)cc1O. The Kier molecular flexibility index (Phi) is 5.11. The van der Waals surface area contributed by atoms with Crippen LogP contribution in [-0.4, -0.2) is 29.6 Å². The first-order valence-corrected chi connectivity index (χ1v) is 5.85. The fourth-order valence-corrected chi connectivity index (χ4v) is 1.41. The smallest absolute Gasteiger partial charge is 0.342 e. The zero-order valence-electron chi connectivity index (χ0n) is 11.0. The number of esters is 1. The Balaban J connectivity index is 2.68. The van der Waals surface area contributed by atoms with Gasteiger partial charge in [0.2, 0.25) is 0 Å². The minimum Gasteiger partial charge on any atom is -0.507 e. The number of nitrogens with one attached hydrogen (secondary N) is 1. The Bertz CT molecular complexity index is 496. The summed E-state index contributed by atoms with van der Waals surface area (Å²) in [7, 11) is 0. The number of phenols is 1. The average molecular weight is 263 g/mol. The van der Waals surface area contributed by atoms with Gasteiger partial charge in [-0.1, -0.05) is 12.1 Å². The van der Waals surface area contributed by atoms with Gasteiger partial charge in [0.1, 0.15) is 11.3 Å². The highest BCUT2D eigenvalue weighted by Gasteiger charge is 2.20. The lowest BCUT2D eigenvalue weighted by Gasteiger charge is -2.13. The molecule has 0 fully saturated rings. The summed E-state index contributed by atoms with van der Waals surface area (Å²) in [6.07, 6.45) is 0.589. The molecule has 0 aromatic heterocycles. The molecule has 5 nitrogen and oxygen atoms in total. The molecule has 1 aromatic rings. The van der Waals surface area contributed by atoms with Crippen LogP contribution in [0.4, 0.5) is 0 Å². The molecule has 2 N–H and O–H groups in total. The molecule has 0 spiro atoms. The van der Waals surface area contributed by atoms with Gasteiger partial charge >= 0.3 is 5.97 Å². The van der Waals surface area contributed by atoms with Crippen LogP contribution in [0.5, 0.6) is 5.75 Å². The molecule has 0 aliphatic rings. The molecular formula is C14H17NO4. The lowest BCUT2D eigenvalue weighted by Crippen LogP contribution is -2.35. The molecule has 0 radical (unpaired) electrons. The van der Waals surface area contributed by atoms with Gasteiger partial charge < -0.3 is 15.2 Å². The number of phenolic OH excluding ortho intramolecular Hbond substituents is 1. The van der Waals surface area contributed by atoms with E-state index in [1.54, 1.807) is 13.0 Å². The van der Waals surface area contributed by atoms with Crippen molar-refractivity contribution in [3.8, 4) is 5.75 Å². The van der Waals surface area contributed by atoms with Gasteiger partial charge in [-0.05, 0) is 31.5 Å². The standard InChI is InChI=1S/C14H17NO4/c1-4-7-15-13(17)10(3)19-14(18)11-6-5-9(2)8-12(11)16/h4-6,8,10,16H,1,7H2,2-3H3,(H,15,17)/t10-/m0/s1. The third-order valence-electron chi connectivity index (χ3n) is 2.45. The molecular weight excluding hydrogens is 246 g/mol. The first-order valence-electron chi connectivity index (χ1n) is 5.85. The molecule has 19 heavy (non-hydrogen) atoms. The fraction of sp³-hybridized carbons (Fsp3) is 0.286. The van der Waals surface area contributed by atoms with Crippen LogP contribution >= 0.6 is 0 Å². The van der Waals surface area contributed by atoms with Crippen molar-refractivity contribution in [2.75, 3.05) is 6.54 Å². The number of hydrogen-bond donors (Lipinski definition) is 2. The van der Waals surface area contributed by atoms with Crippen molar-refractivity contribution in [3.05, 3.63) is 42.0 Å². The second-order valence-corrected chi connectivity index (χ2v) is 4.10. The number of rotatable bonds is 5. The van der Waals surface area contributed by atoms with Crippen LogP contribution < -0.4 is 5.32 Å². The minimum atomic E-state index is -0.937. The number of ether oxygens (including phenoxy) is 1. The van der Waals surface area contributed by atoms with Crippen molar-refractivity contribution >= 4 is 11.9 Å². The lowest BCUT2D eigenvalue weighted by atomic mass is 10.1. The van der Waals surface area contributed by atoms with E-state index in [0.717, 1.165) is 5.56 Å². The molecule has 1 atom stereocenters. The van der Waals surface area contributed by atoms with Gasteiger partial charge in [-0.3, -0.25) is 4.79 Å². The number of hydrogen-bond acceptors (Lipinski definition) is 4. The molecule has 0 unspecified atom stereocenters. The van der Waals surface area contributed by atoms with Crippen LogP contribution in [0.3, 0.4) is 0 Å². The summed E-state index contributed by atoms with van der Waals surface area (Å²) in [6, 6.07) is 4.60. The summed E-state index contributed by atoms with van der Waals surface area (Å²) >= 11 is 0. The van der Waals surface area contributed by atoms with Crippen LogP contribution in [-0.2, 0) is 9.53 Å². The van der Waals surface area contributed by atoms with E-state index < -0.39 is 18.0 Å². The summed E-state index contributed by atoms with van der Waals surface area (Å²) < 4.78 is 4.97. The third-order valence-corrected chi connectivity index (χ3v) is 2.45. The van der Waals surface area contributed by atoms with E-state index in [1.165, 1.54) is 25.1 Å². The maximum absolute atomic E-state index is 11.8. The molecule has 0 aliphatic carbocycles. The van der Waals surface area contributed by atoms with E-state index in [9.17, 15) is 14.7 Å². The molecule has 1 rings (SSSR count). The maximum atomic E-state index is 11.8. The Labute approximate surface area is 111 Å². The normalized spacial score (nSPS) is 11.5. The number of aromatic hydroxyl groups is 1. The number of carbonyl (C=O) groups excluding carboxylic acids is 2. The van der Waals surface area contributed by atoms with E-state index in [0.29, 0.717) is 6.54 Å². The van der Waals surface area contributed by atoms with E-state index in [-0.39, 0.29) is 11.3 Å². The lowest BCUT2D eigenvalue weighted by molar-refractivity contribution is -0.128. The van der Waals surface area contributed by atoms with E-state index in [2.05, 4.69) is 11.9 Å². The van der Waals surface area contributed by atoms with Gasteiger partial charge in [-0.2, -0.15) is 0 Å². The first-order chi connectivity index (χ1) is 8.95. The predicted octanol–water partition coefficient (Wildman–Crippen LogP) is 1.55. The second kappa shape index (κ2) is 6.58. The van der Waals surface area contributed by atoms with Crippen molar-refractivity contribution in [3.63, 3.8) is 0 Å². The van der Waals surface area contributed by atoms with E-state index >= 15 is 0 Å². The summed E-state index contributed by atoms with van der Waals surface area (Å²) in [5, 5.41) is 12.2. The summed E-state index contributed by atoms with van der Waals surface area (Å²) in [5.74, 6) is -1.32. The number of amides is 1. The zero-order chi connectivity index (χ0) is 14.4. The molecule has 1 aromatic carbocycles. The molecule has 0 saturated heterocycles. The molecule has 0 heterocycles. The number of aryl methyl sites for hydroxylation is 1. The quantitative estimate of drug-likeness (QED) is 0.624. The van der Waals surface area contributed by atoms with Crippen molar-refractivity contribution in [1.29, 1.82) is 0 Å². The van der Waals surface area contributed by atoms with E-state index in [1.807, 2.05) is 0 Å². The number of benzene rings is 1. The first kappa shape index (κ1) is 14.8. The Hall–Kier alpha value is -2.30. The van der Waals surface area contributed by atoms with Crippen molar-refractivity contribution in [2.24, 2.45) is 0 Å². The zero-order valence-corrected chi connectivity index (χ0v) is 11.0. The molecule has 102 valence electrons. The van der Waals surface area contributed by atoms with Gasteiger partial charge in [0.15, 0.2) is 6.10 Å². The minimum absolute atomic E-state index is 0.0361. The van der Waals surface area contributed by atoms with Crippen molar-refractivity contribution < 1.29 is 19.4 Å². The van der Waals surface area contributed by atoms with Crippen molar-refractivity contribution in [2.45, 2.75) is 20.0 Å². The topological polar surface area (TPSA) is 75.6 Å². The monoisotopic (exact) mass is 263 g/mol. The maximum Gasteiger partial charge on any atom is 0.342 e. The summed E-state index contributed by atoms with van der Waals surface area (Å²) in [4.78, 5) is 23.3. The van der Waals surface area contributed by atoms with Gasteiger partial charge in [-0.15, -0.1) is 6.58 Å². The van der Waals surface area contributed by atoms with Crippen LogP contribution in [0.1, 0.15) is 22.8 Å². The van der Waals surface area contributed by atoms with Crippen LogP contribution in [0, 0.1) is 6.92 Å². The van der Waals surface area contributed by atoms with Crippen LogP contribution in [0.2, 0.25) is 0 Å². The van der Waals surface area contributed by atoms with Gasteiger partial charge in [0.25, 0.3) is 5.91 Å². The Morgan fingerprint density at radius 3 is 2.79 bits per heavy atom. The van der Waals surface area contributed by atoms with E-state index in [4.69, 9.17) is 4.74 Å². The highest BCUT2D eigenvalue weighted by atomic mass is 16.5. The Morgan fingerprint density at radius 1 is 1.53 bits per heavy atom. The highest BCUT2D eigenvalue weighted by Crippen LogP contribution is 2.19. The fourth-order valence-electron chi connectivity index (χ4n) is 1.41. The number of carbonyl (C=O) groups is 2. The van der Waals surface area contributed by atoms with Crippen molar-refractivity contribution in [1.82, 2.24) is 5.32 Å². The summed E-state index contributed by atoms with van der Waals surface area (Å²) in [5.41, 5.74) is 0.861. The molecule has 1 amide bonds. The Morgan fingerprint density at radius 2 is 2.21 bits per heavy atom. The van der Waals surface area contributed by atoms with Gasteiger partial charge in [-0.25, -0.2) is 4.79 Å². The molecule has 0 bridgehead atoms. The largest absolute Gasteiger partial charge is 0.507 e. The average Bonchev–Trinajstić information content (AvgIpc) is 2.35. The predicted molar refractivity (Wildman–Crippen MR) is 70.9 cm³/mol. The third kappa shape index (κ3) is 4.13. The molecule has 5 heteroatoms. The van der Waals surface area contributed by atoms with Crippen LogP contribution in [0.15, 0.2) is 30.9 Å². The molecule has 0 saturated carbocycles. The highest BCUT2D eigenvalue weighted by molar-refractivity contribution is 5.94. The molecule has 0 aliphatic heterocycles. The summed E-state index contributed by atoms with van der Waals surface area (Å²) in [6.45, 7) is 7.02. The second-order valence-electron chi connectivity index (χ2n) is 4.10. The van der Waals surface area contributed by atoms with Gasteiger partial charge in [0, 0.05) is 6.54 Å². The van der Waals surface area contributed by atoms with Gasteiger partial charge in [0.05, 0.1) is 0 Å². The van der Waals surface area contributed by atoms with Crippen LogP contribution in [0.25, 0.3) is 0 Å².